The average molecular weight is 316 g/mol. The lowest BCUT2D eigenvalue weighted by molar-refractivity contribution is -0.142. The highest BCUT2D eigenvalue weighted by Gasteiger charge is 2.22. The van der Waals surface area contributed by atoms with Crippen molar-refractivity contribution in [3.63, 3.8) is 0 Å². The number of amides is 2. The molecule has 0 aromatic heterocycles. The number of nitrogens with two attached hydrogens (primary N) is 2. The molecule has 0 radical (unpaired) electrons. The van der Waals surface area contributed by atoms with Crippen molar-refractivity contribution in [1.82, 2.24) is 10.6 Å². The smallest absolute Gasteiger partial charge is 0.326 e. The first kappa shape index (κ1) is 20.3. The Morgan fingerprint density at radius 3 is 2.36 bits per heavy atom. The van der Waals surface area contributed by atoms with Gasteiger partial charge in [0.25, 0.3) is 0 Å². The molecule has 0 aliphatic carbocycles. The lowest BCUT2D eigenvalue weighted by Crippen LogP contribution is -2.50. The van der Waals surface area contributed by atoms with Gasteiger partial charge in [0.1, 0.15) is 6.04 Å². The van der Waals surface area contributed by atoms with Gasteiger partial charge < -0.3 is 27.2 Å². The number of carboxylic acids is 1. The summed E-state index contributed by atoms with van der Waals surface area (Å²) in [7, 11) is 0. The predicted octanol–water partition coefficient (Wildman–Crippen LogP) is -0.826. The Hall–Kier alpha value is -1.67. The van der Waals surface area contributed by atoms with Gasteiger partial charge in [0.15, 0.2) is 0 Å². The van der Waals surface area contributed by atoms with Gasteiger partial charge in [-0.1, -0.05) is 20.3 Å². The number of unbranched alkanes of at least 4 members (excludes halogenated alkanes) is 1. The summed E-state index contributed by atoms with van der Waals surface area (Å²) in [6.45, 7) is 3.96. The Labute approximate surface area is 131 Å². The Morgan fingerprint density at radius 2 is 1.86 bits per heavy atom. The quantitative estimate of drug-likeness (QED) is 0.314. The molecule has 22 heavy (non-hydrogen) atoms. The van der Waals surface area contributed by atoms with E-state index in [0.717, 1.165) is 6.42 Å². The van der Waals surface area contributed by atoms with Crippen molar-refractivity contribution in [2.45, 2.75) is 51.6 Å². The van der Waals surface area contributed by atoms with Crippen molar-refractivity contribution in [2.24, 2.45) is 17.4 Å². The largest absolute Gasteiger partial charge is 0.480 e. The lowest BCUT2D eigenvalue weighted by Gasteiger charge is -2.18. The van der Waals surface area contributed by atoms with Crippen LogP contribution >= 0.6 is 0 Å². The topological polar surface area (TPSA) is 148 Å². The van der Waals surface area contributed by atoms with Crippen LogP contribution in [-0.4, -0.2) is 48.1 Å². The predicted molar refractivity (Wildman–Crippen MR) is 82.9 cm³/mol. The summed E-state index contributed by atoms with van der Waals surface area (Å²) in [5.41, 5.74) is 11.1. The van der Waals surface area contributed by atoms with E-state index in [-0.39, 0.29) is 12.5 Å². The van der Waals surface area contributed by atoms with Gasteiger partial charge in [0.05, 0.1) is 12.6 Å². The maximum Gasteiger partial charge on any atom is 0.326 e. The fourth-order valence-corrected chi connectivity index (χ4v) is 1.79. The molecule has 2 amide bonds. The zero-order valence-electron chi connectivity index (χ0n) is 13.3. The van der Waals surface area contributed by atoms with Gasteiger partial charge in [-0.2, -0.15) is 0 Å². The maximum atomic E-state index is 11.7. The minimum Gasteiger partial charge on any atom is -0.480 e. The minimum absolute atomic E-state index is 0.00564. The van der Waals surface area contributed by atoms with Gasteiger partial charge in [-0.3, -0.25) is 9.59 Å². The number of hydrogen-bond donors (Lipinski definition) is 5. The third-order valence-corrected chi connectivity index (χ3v) is 3.56. The van der Waals surface area contributed by atoms with Crippen molar-refractivity contribution in [1.29, 1.82) is 0 Å². The van der Waals surface area contributed by atoms with Crippen LogP contribution in [0, 0.1) is 5.92 Å². The Kier molecular flexibility index (Phi) is 10.1. The monoisotopic (exact) mass is 316 g/mol. The molecule has 0 saturated carbocycles. The van der Waals surface area contributed by atoms with E-state index >= 15 is 0 Å². The highest BCUT2D eigenvalue weighted by atomic mass is 16.4. The summed E-state index contributed by atoms with van der Waals surface area (Å²) in [4.78, 5) is 34.5. The van der Waals surface area contributed by atoms with Crippen molar-refractivity contribution in [3.8, 4) is 0 Å². The molecule has 3 unspecified atom stereocenters. The van der Waals surface area contributed by atoms with Crippen LogP contribution in [0.1, 0.15) is 39.5 Å². The number of rotatable bonds is 11. The van der Waals surface area contributed by atoms with E-state index in [0.29, 0.717) is 25.8 Å². The molecule has 0 rings (SSSR count). The fraction of sp³-hybridized carbons (Fsp3) is 0.786. The number of aliphatic carboxylic acids is 1. The van der Waals surface area contributed by atoms with Crippen LogP contribution < -0.4 is 22.1 Å². The highest BCUT2D eigenvalue weighted by molar-refractivity contribution is 5.89. The number of carbonyl (C=O) groups is 3. The first-order valence-electron chi connectivity index (χ1n) is 7.58. The molecule has 0 aliphatic heterocycles. The van der Waals surface area contributed by atoms with Crippen LogP contribution in [0.4, 0.5) is 0 Å². The van der Waals surface area contributed by atoms with Gasteiger partial charge in [0, 0.05) is 0 Å². The van der Waals surface area contributed by atoms with Gasteiger partial charge in [0.2, 0.25) is 11.8 Å². The molecular weight excluding hydrogens is 288 g/mol. The first-order valence-corrected chi connectivity index (χ1v) is 7.58. The molecule has 8 heteroatoms. The van der Waals surface area contributed by atoms with E-state index in [2.05, 4.69) is 10.6 Å². The molecule has 0 saturated heterocycles. The molecule has 0 spiro atoms. The van der Waals surface area contributed by atoms with Gasteiger partial charge in [-0.25, -0.2) is 4.79 Å². The van der Waals surface area contributed by atoms with Gasteiger partial charge in [-0.15, -0.1) is 0 Å². The summed E-state index contributed by atoms with van der Waals surface area (Å²) >= 11 is 0. The molecule has 0 aromatic rings. The second-order valence-corrected chi connectivity index (χ2v) is 5.37. The third kappa shape index (κ3) is 7.94. The number of carbonyl (C=O) groups excluding carboxylic acids is 2. The van der Waals surface area contributed by atoms with Crippen molar-refractivity contribution < 1.29 is 19.5 Å². The molecule has 0 aromatic carbocycles. The molecule has 0 fully saturated rings. The van der Waals surface area contributed by atoms with Gasteiger partial charge in [-0.05, 0) is 31.7 Å². The highest BCUT2D eigenvalue weighted by Crippen LogP contribution is 2.05. The molecule has 0 aliphatic rings. The standard InChI is InChI=1S/C14H28N4O4/c1-3-9(2)12(16)13(20)17-8-11(19)18-10(14(21)22)6-4-5-7-15/h9-10,12H,3-8,15-16H2,1-2H3,(H,17,20)(H,18,19)(H,21,22). The van der Waals surface area contributed by atoms with Crippen molar-refractivity contribution >= 4 is 17.8 Å². The first-order chi connectivity index (χ1) is 10.3. The molecule has 7 N–H and O–H groups in total. The summed E-state index contributed by atoms with van der Waals surface area (Å²) in [5.74, 6) is -2.07. The molecule has 128 valence electrons. The van der Waals surface area contributed by atoms with E-state index < -0.39 is 29.9 Å². The molecule has 8 nitrogen and oxygen atoms in total. The van der Waals surface area contributed by atoms with E-state index in [1.54, 1.807) is 0 Å². The molecule has 0 bridgehead atoms. The van der Waals surface area contributed by atoms with Crippen LogP contribution in [0.5, 0.6) is 0 Å². The summed E-state index contributed by atoms with van der Waals surface area (Å²) in [6, 6.07) is -1.66. The van der Waals surface area contributed by atoms with E-state index in [9.17, 15) is 14.4 Å². The fourth-order valence-electron chi connectivity index (χ4n) is 1.79. The minimum atomic E-state index is -1.10. The lowest BCUT2D eigenvalue weighted by atomic mass is 9.99. The zero-order chi connectivity index (χ0) is 17.1. The SMILES string of the molecule is CCC(C)C(N)C(=O)NCC(=O)NC(CCCCN)C(=O)O. The van der Waals surface area contributed by atoms with E-state index in [1.165, 1.54) is 0 Å². The molecule has 3 atom stereocenters. The summed E-state index contributed by atoms with van der Waals surface area (Å²) in [6.07, 6.45) is 2.36. The Bertz CT molecular complexity index is 376. The second-order valence-electron chi connectivity index (χ2n) is 5.37. The van der Waals surface area contributed by atoms with Crippen LogP contribution in [0.2, 0.25) is 0 Å². The van der Waals surface area contributed by atoms with Crippen molar-refractivity contribution in [3.05, 3.63) is 0 Å². The maximum absolute atomic E-state index is 11.7. The van der Waals surface area contributed by atoms with Crippen LogP contribution in [0.25, 0.3) is 0 Å². The third-order valence-electron chi connectivity index (χ3n) is 3.56. The van der Waals surface area contributed by atoms with Crippen LogP contribution in [-0.2, 0) is 14.4 Å². The van der Waals surface area contributed by atoms with Crippen molar-refractivity contribution in [2.75, 3.05) is 13.1 Å². The normalized spacial score (nSPS) is 14.7. The summed E-state index contributed by atoms with van der Waals surface area (Å²) in [5, 5.41) is 13.8. The average Bonchev–Trinajstić information content (AvgIpc) is 2.49. The van der Waals surface area contributed by atoms with Crippen LogP contribution in [0.3, 0.4) is 0 Å². The summed E-state index contributed by atoms with van der Waals surface area (Å²) < 4.78 is 0. The number of hydrogen-bond acceptors (Lipinski definition) is 5. The Balaban J connectivity index is 4.24. The second kappa shape index (κ2) is 11.0. The zero-order valence-corrected chi connectivity index (χ0v) is 13.3. The number of carboxylic acid groups (broad SMARTS) is 1. The number of nitrogens with one attached hydrogen (secondary N) is 2. The molecule has 0 heterocycles. The Morgan fingerprint density at radius 1 is 1.23 bits per heavy atom. The van der Waals surface area contributed by atoms with Crippen LogP contribution in [0.15, 0.2) is 0 Å². The molecular formula is C14H28N4O4. The van der Waals surface area contributed by atoms with E-state index in [4.69, 9.17) is 16.6 Å². The van der Waals surface area contributed by atoms with E-state index in [1.807, 2.05) is 13.8 Å². The van der Waals surface area contributed by atoms with Gasteiger partial charge >= 0.3 is 5.97 Å².